The van der Waals surface area contributed by atoms with Gasteiger partial charge in [-0.25, -0.2) is 0 Å². The summed E-state index contributed by atoms with van der Waals surface area (Å²) in [5.41, 5.74) is 3.15. The maximum absolute atomic E-state index is 11.9. The van der Waals surface area contributed by atoms with Gasteiger partial charge < -0.3 is 4.90 Å². The number of rotatable bonds is 1. The Morgan fingerprint density at radius 1 is 1.19 bits per heavy atom. The highest BCUT2D eigenvalue weighted by molar-refractivity contribution is 5.96. The minimum absolute atomic E-state index is 0.189. The van der Waals surface area contributed by atoms with Crippen molar-refractivity contribution in [3.63, 3.8) is 0 Å². The molecule has 0 aliphatic carbocycles. The minimum atomic E-state index is 0.189. The van der Waals surface area contributed by atoms with Gasteiger partial charge in [0.25, 0.3) is 5.91 Å². The van der Waals surface area contributed by atoms with E-state index in [9.17, 15) is 4.79 Å². The van der Waals surface area contributed by atoms with E-state index < -0.39 is 0 Å². The molecule has 0 spiro atoms. The van der Waals surface area contributed by atoms with Crippen molar-refractivity contribution in [3.05, 3.63) is 34.9 Å². The van der Waals surface area contributed by atoms with Gasteiger partial charge in [-0.2, -0.15) is 0 Å². The third-order valence-corrected chi connectivity index (χ3v) is 2.76. The second-order valence-corrected chi connectivity index (χ2v) is 3.96. The summed E-state index contributed by atoms with van der Waals surface area (Å²) in [6, 6.07) is 6.00. The van der Waals surface area contributed by atoms with E-state index in [2.05, 4.69) is 6.07 Å². The van der Waals surface area contributed by atoms with Crippen LogP contribution in [0.25, 0.3) is 0 Å². The highest BCUT2D eigenvalue weighted by Gasteiger charge is 2.22. The molecule has 1 fully saturated rings. The largest absolute Gasteiger partial charge is 0.339 e. The van der Waals surface area contributed by atoms with Crippen molar-refractivity contribution in [1.29, 1.82) is 0 Å². The molecule has 1 amide bonds. The average Bonchev–Trinajstić information content (AvgIpc) is 2.17. The Labute approximate surface area is 98.3 Å². The number of hydrogen-bond acceptors (Lipinski definition) is 1. The number of benzene rings is 1. The maximum Gasteiger partial charge on any atom is 0.254 e. The Balaban J connectivity index is 0.000000606. The third-order valence-electron chi connectivity index (χ3n) is 2.76. The topological polar surface area (TPSA) is 20.3 Å². The summed E-state index contributed by atoms with van der Waals surface area (Å²) in [5, 5.41) is 0. The van der Waals surface area contributed by atoms with Gasteiger partial charge in [0, 0.05) is 18.7 Å². The molecule has 1 aliphatic rings. The van der Waals surface area contributed by atoms with E-state index in [0.29, 0.717) is 0 Å². The summed E-state index contributed by atoms with van der Waals surface area (Å²) in [7, 11) is 0. The molecule has 0 bridgehead atoms. The normalized spacial score (nSPS) is 13.6. The van der Waals surface area contributed by atoms with Crippen LogP contribution in [0.2, 0.25) is 0 Å². The van der Waals surface area contributed by atoms with Crippen molar-refractivity contribution in [2.24, 2.45) is 0 Å². The molecular weight excluding hydrogens is 198 g/mol. The van der Waals surface area contributed by atoms with E-state index in [0.717, 1.165) is 30.6 Å². The molecule has 2 heteroatoms. The Morgan fingerprint density at radius 3 is 2.25 bits per heavy atom. The quantitative estimate of drug-likeness (QED) is 0.710. The predicted molar refractivity (Wildman–Crippen MR) is 67.8 cm³/mol. The molecular formula is C14H21NO. The van der Waals surface area contributed by atoms with Crippen LogP contribution in [0.3, 0.4) is 0 Å². The summed E-state index contributed by atoms with van der Waals surface area (Å²) in [4.78, 5) is 13.8. The fourth-order valence-electron chi connectivity index (χ4n) is 1.74. The number of carbonyl (C=O) groups excluding carboxylic acids is 1. The Morgan fingerprint density at radius 2 is 1.81 bits per heavy atom. The zero-order valence-corrected chi connectivity index (χ0v) is 10.7. The van der Waals surface area contributed by atoms with Crippen LogP contribution >= 0.6 is 0 Å². The number of amides is 1. The lowest BCUT2D eigenvalue weighted by Gasteiger charge is -2.31. The lowest BCUT2D eigenvalue weighted by atomic mass is 10.0. The Hall–Kier alpha value is -1.31. The van der Waals surface area contributed by atoms with Crippen molar-refractivity contribution >= 4 is 5.91 Å². The number of carbonyl (C=O) groups is 1. The second-order valence-electron chi connectivity index (χ2n) is 3.96. The zero-order chi connectivity index (χ0) is 12.1. The highest BCUT2D eigenvalue weighted by Crippen LogP contribution is 2.16. The fraction of sp³-hybridized carbons (Fsp3) is 0.500. The SMILES string of the molecule is CC.Cc1ccc(C(=O)N2CCC2)c(C)c1. The van der Waals surface area contributed by atoms with E-state index in [1.54, 1.807) is 0 Å². The molecule has 0 unspecified atom stereocenters. The van der Waals surface area contributed by atoms with E-state index in [-0.39, 0.29) is 5.91 Å². The molecule has 88 valence electrons. The van der Waals surface area contributed by atoms with Crippen molar-refractivity contribution in [2.45, 2.75) is 34.1 Å². The smallest absolute Gasteiger partial charge is 0.254 e. The molecule has 0 N–H and O–H groups in total. The van der Waals surface area contributed by atoms with Gasteiger partial charge in [-0.05, 0) is 31.9 Å². The van der Waals surface area contributed by atoms with Crippen LogP contribution in [0, 0.1) is 13.8 Å². The van der Waals surface area contributed by atoms with Crippen molar-refractivity contribution in [3.8, 4) is 0 Å². The minimum Gasteiger partial charge on any atom is -0.339 e. The van der Waals surface area contributed by atoms with Crippen LogP contribution in [0.15, 0.2) is 18.2 Å². The second kappa shape index (κ2) is 5.69. The molecule has 1 aliphatic heterocycles. The summed E-state index contributed by atoms with van der Waals surface area (Å²) < 4.78 is 0. The highest BCUT2D eigenvalue weighted by atomic mass is 16.2. The van der Waals surface area contributed by atoms with Crippen LogP contribution in [-0.2, 0) is 0 Å². The van der Waals surface area contributed by atoms with Gasteiger partial charge in [0.05, 0.1) is 0 Å². The molecule has 1 saturated heterocycles. The lowest BCUT2D eigenvalue weighted by molar-refractivity contribution is 0.0651. The van der Waals surface area contributed by atoms with Crippen molar-refractivity contribution in [1.82, 2.24) is 4.90 Å². The van der Waals surface area contributed by atoms with Crippen LogP contribution in [-0.4, -0.2) is 23.9 Å². The van der Waals surface area contributed by atoms with E-state index in [1.165, 1.54) is 5.56 Å². The van der Waals surface area contributed by atoms with Gasteiger partial charge >= 0.3 is 0 Å². The monoisotopic (exact) mass is 219 g/mol. The number of likely N-dealkylation sites (tertiary alicyclic amines) is 1. The summed E-state index contributed by atoms with van der Waals surface area (Å²) >= 11 is 0. The standard InChI is InChI=1S/C12H15NO.C2H6/c1-9-4-5-11(10(2)8-9)12(14)13-6-3-7-13;1-2/h4-5,8H,3,6-7H2,1-2H3;1-2H3. The molecule has 1 aromatic carbocycles. The van der Waals surface area contributed by atoms with E-state index >= 15 is 0 Å². The zero-order valence-electron chi connectivity index (χ0n) is 10.7. The maximum atomic E-state index is 11.9. The molecule has 0 aromatic heterocycles. The average molecular weight is 219 g/mol. The van der Waals surface area contributed by atoms with Gasteiger partial charge in [0.15, 0.2) is 0 Å². The molecule has 2 nitrogen and oxygen atoms in total. The van der Waals surface area contributed by atoms with Gasteiger partial charge in [-0.1, -0.05) is 31.5 Å². The van der Waals surface area contributed by atoms with Crippen molar-refractivity contribution in [2.75, 3.05) is 13.1 Å². The Kier molecular flexibility index (Phi) is 4.53. The summed E-state index contributed by atoms with van der Waals surface area (Å²) in [6.45, 7) is 9.89. The first kappa shape index (κ1) is 12.8. The first-order chi connectivity index (χ1) is 7.68. The molecule has 16 heavy (non-hydrogen) atoms. The van der Waals surface area contributed by atoms with Crippen LogP contribution in [0.1, 0.15) is 41.8 Å². The van der Waals surface area contributed by atoms with Gasteiger partial charge in [-0.15, -0.1) is 0 Å². The van der Waals surface area contributed by atoms with Crippen LogP contribution in [0.5, 0.6) is 0 Å². The summed E-state index contributed by atoms with van der Waals surface area (Å²) in [5.74, 6) is 0.189. The number of aryl methyl sites for hydroxylation is 2. The van der Waals surface area contributed by atoms with Gasteiger partial charge in [-0.3, -0.25) is 4.79 Å². The molecule has 0 radical (unpaired) electrons. The van der Waals surface area contributed by atoms with Crippen LogP contribution < -0.4 is 0 Å². The molecule has 1 aromatic rings. The van der Waals surface area contributed by atoms with Crippen LogP contribution in [0.4, 0.5) is 0 Å². The van der Waals surface area contributed by atoms with Gasteiger partial charge in [0.1, 0.15) is 0 Å². The third kappa shape index (κ3) is 2.63. The number of nitrogens with zero attached hydrogens (tertiary/aromatic N) is 1. The molecule has 0 saturated carbocycles. The van der Waals surface area contributed by atoms with E-state index in [1.807, 2.05) is 44.7 Å². The van der Waals surface area contributed by atoms with E-state index in [4.69, 9.17) is 0 Å². The van der Waals surface area contributed by atoms with Crippen molar-refractivity contribution < 1.29 is 4.79 Å². The summed E-state index contributed by atoms with van der Waals surface area (Å²) in [6.07, 6.45) is 1.15. The lowest BCUT2D eigenvalue weighted by Crippen LogP contribution is -2.42. The molecule has 0 atom stereocenters. The van der Waals surface area contributed by atoms with Gasteiger partial charge in [0.2, 0.25) is 0 Å². The molecule has 1 heterocycles. The fourth-order valence-corrected chi connectivity index (χ4v) is 1.74. The number of hydrogen-bond donors (Lipinski definition) is 0. The predicted octanol–water partition coefficient (Wildman–Crippen LogP) is 3.18. The Bertz CT molecular complexity index is 367. The molecule has 2 rings (SSSR count). The first-order valence-electron chi connectivity index (χ1n) is 6.05. The first-order valence-corrected chi connectivity index (χ1v) is 6.05.